The van der Waals surface area contributed by atoms with Crippen LogP contribution in [0.25, 0.3) is 0 Å². The lowest BCUT2D eigenvalue weighted by molar-refractivity contribution is -0.141. The van der Waals surface area contributed by atoms with Crippen molar-refractivity contribution in [3.63, 3.8) is 0 Å². The third-order valence-corrected chi connectivity index (χ3v) is 5.77. The average Bonchev–Trinajstić information content (AvgIpc) is 3.11. The van der Waals surface area contributed by atoms with Crippen LogP contribution in [-0.2, 0) is 9.59 Å². The molecule has 0 bridgehead atoms. The summed E-state index contributed by atoms with van der Waals surface area (Å²) in [6, 6.07) is -1.74. The Balaban J connectivity index is 1.71. The zero-order chi connectivity index (χ0) is 15.1. The van der Waals surface area contributed by atoms with Crippen LogP contribution in [0.2, 0.25) is 0 Å². The first-order valence-electron chi connectivity index (χ1n) is 7.17. The number of carboxylic acids is 1. The molecule has 1 aliphatic carbocycles. The SMILES string of the molecule is CN1CCC(NC(=O)N2C(C(=O)O)CSC2C2CC2)C1=O. The first kappa shape index (κ1) is 14.5. The molecule has 2 heterocycles. The molecule has 0 radical (unpaired) electrons. The molecule has 7 nitrogen and oxygen atoms in total. The molecule has 0 spiro atoms. The van der Waals surface area contributed by atoms with Gasteiger partial charge in [0.15, 0.2) is 0 Å². The van der Waals surface area contributed by atoms with E-state index in [9.17, 15) is 19.5 Å². The van der Waals surface area contributed by atoms with Crippen LogP contribution in [0.5, 0.6) is 0 Å². The van der Waals surface area contributed by atoms with Crippen LogP contribution in [0.4, 0.5) is 4.79 Å². The van der Waals surface area contributed by atoms with Gasteiger partial charge in [0, 0.05) is 19.3 Å². The smallest absolute Gasteiger partial charge is 0.327 e. The fraction of sp³-hybridized carbons (Fsp3) is 0.769. The topological polar surface area (TPSA) is 90.0 Å². The Kier molecular flexibility index (Phi) is 3.73. The van der Waals surface area contributed by atoms with Crippen LogP contribution < -0.4 is 5.32 Å². The lowest BCUT2D eigenvalue weighted by Crippen LogP contribution is -2.54. The van der Waals surface area contributed by atoms with Crippen LogP contribution in [0, 0.1) is 5.92 Å². The zero-order valence-corrected chi connectivity index (χ0v) is 12.6. The lowest BCUT2D eigenvalue weighted by atomic mass is 10.2. The number of carbonyl (C=O) groups is 3. The molecule has 3 rings (SSSR count). The number of aliphatic carboxylic acids is 1. The van der Waals surface area contributed by atoms with Crippen LogP contribution >= 0.6 is 11.8 Å². The zero-order valence-electron chi connectivity index (χ0n) is 11.8. The van der Waals surface area contributed by atoms with Gasteiger partial charge in [-0.05, 0) is 25.2 Å². The van der Waals surface area contributed by atoms with E-state index in [1.807, 2.05) is 0 Å². The van der Waals surface area contributed by atoms with Crippen LogP contribution in [-0.4, -0.2) is 69.6 Å². The molecule has 3 aliphatic rings. The Morgan fingerprint density at radius 3 is 2.57 bits per heavy atom. The van der Waals surface area contributed by atoms with Crippen molar-refractivity contribution < 1.29 is 19.5 Å². The molecule has 2 saturated heterocycles. The normalized spacial score (nSPS) is 32.6. The molecular formula is C13H19N3O4S. The maximum absolute atomic E-state index is 12.5. The van der Waals surface area contributed by atoms with Crippen molar-refractivity contribution >= 4 is 29.7 Å². The highest BCUT2D eigenvalue weighted by molar-refractivity contribution is 8.00. The van der Waals surface area contributed by atoms with E-state index in [0.717, 1.165) is 12.8 Å². The molecule has 1 saturated carbocycles. The van der Waals surface area contributed by atoms with E-state index >= 15 is 0 Å². The standard InChI is InChI=1S/C13H19N3O4S/c1-15-5-4-8(10(15)17)14-13(20)16-9(12(18)19)6-21-11(16)7-2-3-7/h7-9,11H,2-6H2,1H3,(H,14,20)(H,18,19). The number of urea groups is 1. The van der Waals surface area contributed by atoms with Gasteiger partial charge in [0.25, 0.3) is 0 Å². The van der Waals surface area contributed by atoms with Gasteiger partial charge in [-0.25, -0.2) is 9.59 Å². The Morgan fingerprint density at radius 1 is 1.33 bits per heavy atom. The number of likely N-dealkylation sites (N-methyl/N-ethyl adjacent to an activating group) is 1. The summed E-state index contributed by atoms with van der Waals surface area (Å²) in [5.74, 6) is -0.268. The molecule has 3 amide bonds. The molecule has 3 unspecified atom stereocenters. The van der Waals surface area contributed by atoms with Crippen molar-refractivity contribution in [1.82, 2.24) is 15.1 Å². The van der Waals surface area contributed by atoms with Crippen molar-refractivity contribution in [2.24, 2.45) is 5.92 Å². The first-order chi connectivity index (χ1) is 9.99. The first-order valence-corrected chi connectivity index (χ1v) is 8.22. The van der Waals surface area contributed by atoms with Gasteiger partial charge in [-0.2, -0.15) is 0 Å². The highest BCUT2D eigenvalue weighted by Gasteiger charge is 2.48. The van der Waals surface area contributed by atoms with Crippen LogP contribution in [0.1, 0.15) is 19.3 Å². The number of thioether (sulfide) groups is 1. The summed E-state index contributed by atoms with van der Waals surface area (Å²) in [5.41, 5.74) is 0. The molecule has 0 aromatic rings. The van der Waals surface area contributed by atoms with E-state index in [1.165, 1.54) is 16.7 Å². The number of amides is 3. The van der Waals surface area contributed by atoms with Gasteiger partial charge >= 0.3 is 12.0 Å². The Labute approximate surface area is 127 Å². The molecular weight excluding hydrogens is 294 g/mol. The number of carboxylic acid groups (broad SMARTS) is 1. The predicted molar refractivity (Wildman–Crippen MR) is 76.8 cm³/mol. The highest BCUT2D eigenvalue weighted by atomic mass is 32.2. The van der Waals surface area contributed by atoms with Gasteiger partial charge < -0.3 is 15.3 Å². The van der Waals surface area contributed by atoms with E-state index in [-0.39, 0.29) is 11.3 Å². The maximum atomic E-state index is 12.5. The van der Waals surface area contributed by atoms with E-state index in [2.05, 4.69) is 5.32 Å². The monoisotopic (exact) mass is 313 g/mol. The fourth-order valence-electron chi connectivity index (χ4n) is 2.90. The number of nitrogens with one attached hydrogen (secondary N) is 1. The Hall–Kier alpha value is -1.44. The lowest BCUT2D eigenvalue weighted by Gasteiger charge is -2.28. The quantitative estimate of drug-likeness (QED) is 0.775. The largest absolute Gasteiger partial charge is 0.480 e. The molecule has 0 aromatic carbocycles. The van der Waals surface area contributed by atoms with E-state index in [4.69, 9.17) is 0 Å². The summed E-state index contributed by atoms with van der Waals surface area (Å²) in [5, 5.41) is 11.9. The van der Waals surface area contributed by atoms with Crippen molar-refractivity contribution in [3.8, 4) is 0 Å². The molecule has 0 aromatic heterocycles. The predicted octanol–water partition coefficient (Wildman–Crippen LogP) is 0.165. The second-order valence-corrected chi connectivity index (χ2v) is 7.02. The number of carbonyl (C=O) groups excluding carboxylic acids is 2. The van der Waals surface area contributed by atoms with Gasteiger partial charge in [0.05, 0.1) is 5.37 Å². The number of rotatable bonds is 3. The van der Waals surface area contributed by atoms with Crippen LogP contribution in [0.3, 0.4) is 0 Å². The minimum Gasteiger partial charge on any atom is -0.480 e. The third-order valence-electron chi connectivity index (χ3n) is 4.30. The van der Waals surface area contributed by atoms with Crippen molar-refractivity contribution in [1.29, 1.82) is 0 Å². The van der Waals surface area contributed by atoms with Gasteiger partial charge in [0.1, 0.15) is 12.1 Å². The molecule has 3 fully saturated rings. The Bertz CT molecular complexity index is 482. The summed E-state index contributed by atoms with van der Waals surface area (Å²) < 4.78 is 0. The van der Waals surface area contributed by atoms with Crippen molar-refractivity contribution in [2.75, 3.05) is 19.3 Å². The number of hydrogen-bond donors (Lipinski definition) is 2. The molecule has 8 heteroatoms. The number of nitrogens with zero attached hydrogens (tertiary/aromatic N) is 2. The molecule has 21 heavy (non-hydrogen) atoms. The molecule has 116 valence electrons. The van der Waals surface area contributed by atoms with Gasteiger partial charge in [0.2, 0.25) is 5.91 Å². The maximum Gasteiger partial charge on any atom is 0.327 e. The van der Waals surface area contributed by atoms with E-state index < -0.39 is 24.1 Å². The molecule has 3 atom stereocenters. The number of hydrogen-bond acceptors (Lipinski definition) is 4. The van der Waals surface area contributed by atoms with E-state index in [0.29, 0.717) is 24.6 Å². The summed E-state index contributed by atoms with van der Waals surface area (Å²) in [6.45, 7) is 0.618. The second kappa shape index (κ2) is 5.40. The van der Waals surface area contributed by atoms with Crippen molar-refractivity contribution in [3.05, 3.63) is 0 Å². The second-order valence-electron chi connectivity index (χ2n) is 5.87. The van der Waals surface area contributed by atoms with Gasteiger partial charge in [-0.1, -0.05) is 0 Å². The summed E-state index contributed by atoms with van der Waals surface area (Å²) in [4.78, 5) is 38.7. The Morgan fingerprint density at radius 2 is 2.05 bits per heavy atom. The van der Waals surface area contributed by atoms with Crippen molar-refractivity contribution in [2.45, 2.75) is 36.7 Å². The van der Waals surface area contributed by atoms with Gasteiger partial charge in [-0.15, -0.1) is 11.8 Å². The minimum atomic E-state index is -0.976. The summed E-state index contributed by atoms with van der Waals surface area (Å²) in [6.07, 6.45) is 2.66. The van der Waals surface area contributed by atoms with Crippen LogP contribution in [0.15, 0.2) is 0 Å². The minimum absolute atomic E-state index is 0.0691. The summed E-state index contributed by atoms with van der Waals surface area (Å²) >= 11 is 1.53. The van der Waals surface area contributed by atoms with E-state index in [1.54, 1.807) is 11.9 Å². The van der Waals surface area contributed by atoms with Gasteiger partial charge in [-0.3, -0.25) is 9.69 Å². The third kappa shape index (κ3) is 2.68. The number of likely N-dealkylation sites (tertiary alicyclic amines) is 1. The fourth-order valence-corrected chi connectivity index (χ4v) is 4.53. The molecule has 2 N–H and O–H groups in total. The highest BCUT2D eigenvalue weighted by Crippen LogP contribution is 2.45. The summed E-state index contributed by atoms with van der Waals surface area (Å²) in [7, 11) is 1.70. The molecule has 2 aliphatic heterocycles. The average molecular weight is 313 g/mol.